The van der Waals surface area contributed by atoms with Gasteiger partial charge in [-0.3, -0.25) is 4.79 Å². The monoisotopic (exact) mass is 234 g/mol. The summed E-state index contributed by atoms with van der Waals surface area (Å²) in [6.07, 6.45) is 2.97. The molecule has 0 atom stereocenters. The fourth-order valence-electron chi connectivity index (χ4n) is 1.34. The summed E-state index contributed by atoms with van der Waals surface area (Å²) in [6.45, 7) is 1.42. The van der Waals surface area contributed by atoms with Crippen molar-refractivity contribution in [2.24, 2.45) is 0 Å². The second-order valence-corrected chi connectivity index (χ2v) is 3.56. The lowest BCUT2D eigenvalue weighted by Gasteiger charge is -2.01. The minimum atomic E-state index is -0.367. The zero-order valence-corrected chi connectivity index (χ0v) is 9.26. The topological polar surface area (TPSA) is 44.1 Å². The maximum absolute atomic E-state index is 13.4. The molecule has 1 aromatic heterocycles. The van der Waals surface area contributed by atoms with Crippen LogP contribution in [0.1, 0.15) is 6.92 Å². The van der Waals surface area contributed by atoms with Gasteiger partial charge in [-0.2, -0.15) is 5.10 Å². The number of hydrogen-bond acceptors (Lipinski definition) is 3. The van der Waals surface area contributed by atoms with Gasteiger partial charge >= 0.3 is 0 Å². The van der Waals surface area contributed by atoms with Crippen molar-refractivity contribution in [1.82, 2.24) is 9.78 Å². The summed E-state index contributed by atoms with van der Waals surface area (Å²) in [4.78, 5) is 10.7. The van der Waals surface area contributed by atoms with Crippen molar-refractivity contribution in [2.75, 3.05) is 6.61 Å². The number of carbonyl (C=O) groups is 1. The third-order valence-corrected chi connectivity index (χ3v) is 2.10. The molecule has 5 heteroatoms. The van der Waals surface area contributed by atoms with Crippen LogP contribution in [0.25, 0.3) is 5.69 Å². The van der Waals surface area contributed by atoms with Gasteiger partial charge in [-0.15, -0.1) is 0 Å². The number of para-hydroxylation sites is 1. The van der Waals surface area contributed by atoms with Crippen molar-refractivity contribution in [2.45, 2.75) is 6.92 Å². The number of rotatable bonds is 4. The minimum Gasteiger partial charge on any atom is -0.483 e. The highest BCUT2D eigenvalue weighted by Gasteiger charge is 2.06. The van der Waals surface area contributed by atoms with Gasteiger partial charge in [-0.25, -0.2) is 9.07 Å². The SMILES string of the molecule is CC(=O)COc1cnn(-c2ccccc2F)c1. The van der Waals surface area contributed by atoms with Crippen LogP contribution in [-0.4, -0.2) is 22.2 Å². The maximum atomic E-state index is 13.4. The Hall–Kier alpha value is -2.17. The quantitative estimate of drug-likeness (QED) is 0.812. The smallest absolute Gasteiger partial charge is 0.167 e. The summed E-state index contributed by atoms with van der Waals surface area (Å²) < 4.78 is 20.0. The highest BCUT2D eigenvalue weighted by atomic mass is 19.1. The lowest BCUT2D eigenvalue weighted by atomic mass is 10.3. The summed E-state index contributed by atoms with van der Waals surface area (Å²) in [6, 6.07) is 6.29. The van der Waals surface area contributed by atoms with Gasteiger partial charge in [0.15, 0.2) is 11.5 Å². The Labute approximate surface area is 97.6 Å². The molecule has 2 aromatic rings. The van der Waals surface area contributed by atoms with E-state index in [9.17, 15) is 9.18 Å². The van der Waals surface area contributed by atoms with E-state index < -0.39 is 0 Å². The van der Waals surface area contributed by atoms with E-state index in [2.05, 4.69) is 5.10 Å². The van der Waals surface area contributed by atoms with E-state index in [4.69, 9.17) is 4.74 Å². The predicted molar refractivity (Wildman–Crippen MR) is 59.7 cm³/mol. The van der Waals surface area contributed by atoms with Gasteiger partial charge in [0.05, 0.1) is 12.4 Å². The first kappa shape index (κ1) is 11.3. The predicted octanol–water partition coefficient (Wildman–Crippen LogP) is 1.98. The number of ether oxygens (including phenoxy) is 1. The Bertz CT molecular complexity index is 537. The third-order valence-electron chi connectivity index (χ3n) is 2.10. The van der Waals surface area contributed by atoms with Crippen molar-refractivity contribution >= 4 is 5.78 Å². The average Bonchev–Trinajstić information content (AvgIpc) is 2.75. The van der Waals surface area contributed by atoms with Gasteiger partial charge in [0.1, 0.15) is 18.1 Å². The molecule has 0 saturated carbocycles. The van der Waals surface area contributed by atoms with Crippen LogP contribution < -0.4 is 4.74 Å². The molecular weight excluding hydrogens is 223 g/mol. The molecule has 0 unspecified atom stereocenters. The first-order valence-electron chi connectivity index (χ1n) is 5.08. The molecule has 0 spiro atoms. The summed E-state index contributed by atoms with van der Waals surface area (Å²) in [5.41, 5.74) is 0.338. The molecule has 0 aliphatic carbocycles. The number of Topliss-reactive ketones (excluding diaryl/α,β-unsaturated/α-hetero) is 1. The molecule has 0 N–H and O–H groups in total. The number of aromatic nitrogens is 2. The van der Waals surface area contributed by atoms with E-state index in [1.165, 1.54) is 30.1 Å². The largest absolute Gasteiger partial charge is 0.483 e. The molecule has 1 heterocycles. The van der Waals surface area contributed by atoms with Gasteiger partial charge in [0.25, 0.3) is 0 Å². The van der Waals surface area contributed by atoms with E-state index >= 15 is 0 Å². The zero-order valence-electron chi connectivity index (χ0n) is 9.26. The van der Waals surface area contributed by atoms with Crippen LogP contribution in [0, 0.1) is 5.82 Å². The van der Waals surface area contributed by atoms with Gasteiger partial charge in [0.2, 0.25) is 0 Å². The molecular formula is C12H11FN2O2. The van der Waals surface area contributed by atoms with Crippen LogP contribution >= 0.6 is 0 Å². The van der Waals surface area contributed by atoms with Crippen LogP contribution in [0.2, 0.25) is 0 Å². The zero-order chi connectivity index (χ0) is 12.3. The molecule has 4 nitrogen and oxygen atoms in total. The van der Waals surface area contributed by atoms with Crippen LogP contribution in [0.3, 0.4) is 0 Å². The number of ketones is 1. The molecule has 17 heavy (non-hydrogen) atoms. The highest BCUT2D eigenvalue weighted by Crippen LogP contribution is 2.16. The van der Waals surface area contributed by atoms with Crippen molar-refractivity contribution < 1.29 is 13.9 Å². The first-order valence-corrected chi connectivity index (χ1v) is 5.08. The second kappa shape index (κ2) is 4.78. The van der Waals surface area contributed by atoms with Crippen molar-refractivity contribution in [1.29, 1.82) is 0 Å². The molecule has 0 aliphatic heterocycles. The van der Waals surface area contributed by atoms with E-state index in [1.54, 1.807) is 18.2 Å². The van der Waals surface area contributed by atoms with Crippen LogP contribution in [-0.2, 0) is 4.79 Å². The lowest BCUT2D eigenvalue weighted by molar-refractivity contribution is -0.118. The van der Waals surface area contributed by atoms with E-state index in [0.29, 0.717) is 11.4 Å². The molecule has 88 valence electrons. The molecule has 1 aromatic carbocycles. The lowest BCUT2D eigenvalue weighted by Crippen LogP contribution is -2.05. The summed E-state index contributed by atoms with van der Waals surface area (Å²) in [5.74, 6) is -0.0131. The summed E-state index contributed by atoms with van der Waals surface area (Å²) >= 11 is 0. The number of halogens is 1. The van der Waals surface area contributed by atoms with Crippen LogP contribution in [0.15, 0.2) is 36.7 Å². The Kier molecular flexibility index (Phi) is 3.18. The summed E-state index contributed by atoms with van der Waals surface area (Å²) in [7, 11) is 0. The fraction of sp³-hybridized carbons (Fsp3) is 0.167. The molecule has 0 aliphatic rings. The highest BCUT2D eigenvalue weighted by molar-refractivity contribution is 5.77. The fourth-order valence-corrected chi connectivity index (χ4v) is 1.34. The minimum absolute atomic E-state index is 0.0109. The molecule has 0 saturated heterocycles. The van der Waals surface area contributed by atoms with Gasteiger partial charge < -0.3 is 4.74 Å². The number of hydrogen-bond donors (Lipinski definition) is 0. The average molecular weight is 234 g/mol. The second-order valence-electron chi connectivity index (χ2n) is 3.56. The van der Waals surface area contributed by atoms with E-state index in [-0.39, 0.29) is 18.2 Å². The van der Waals surface area contributed by atoms with Crippen LogP contribution in [0.5, 0.6) is 5.75 Å². The van der Waals surface area contributed by atoms with Gasteiger partial charge in [0, 0.05) is 0 Å². The van der Waals surface area contributed by atoms with E-state index in [0.717, 1.165) is 0 Å². The maximum Gasteiger partial charge on any atom is 0.167 e. The Morgan fingerprint density at radius 1 is 1.47 bits per heavy atom. The Morgan fingerprint density at radius 3 is 2.94 bits per heavy atom. The Balaban J connectivity index is 2.18. The molecule has 0 fully saturated rings. The molecule has 0 radical (unpaired) electrons. The first-order chi connectivity index (χ1) is 8.16. The van der Waals surface area contributed by atoms with Crippen molar-refractivity contribution in [3.63, 3.8) is 0 Å². The molecule has 0 amide bonds. The van der Waals surface area contributed by atoms with Crippen molar-refractivity contribution in [3.05, 3.63) is 42.5 Å². The standard InChI is InChI=1S/C12H11FN2O2/c1-9(16)8-17-10-6-14-15(7-10)12-5-3-2-4-11(12)13/h2-7H,8H2,1H3. The molecule has 0 bridgehead atoms. The van der Waals surface area contributed by atoms with E-state index in [1.807, 2.05) is 0 Å². The third kappa shape index (κ3) is 2.69. The van der Waals surface area contributed by atoms with Crippen LogP contribution in [0.4, 0.5) is 4.39 Å². The Morgan fingerprint density at radius 2 is 2.24 bits per heavy atom. The molecule has 2 rings (SSSR count). The number of nitrogens with zero attached hydrogens (tertiary/aromatic N) is 2. The summed E-state index contributed by atoms with van der Waals surface area (Å²) in [5, 5.41) is 3.97. The number of carbonyl (C=O) groups excluding carboxylic acids is 1. The number of benzene rings is 1. The van der Waals surface area contributed by atoms with Gasteiger partial charge in [-0.1, -0.05) is 12.1 Å². The normalized spacial score (nSPS) is 10.2. The van der Waals surface area contributed by atoms with Crippen molar-refractivity contribution in [3.8, 4) is 11.4 Å². The van der Waals surface area contributed by atoms with Gasteiger partial charge in [-0.05, 0) is 19.1 Å².